The van der Waals surface area contributed by atoms with Crippen molar-refractivity contribution in [3.8, 4) is 11.5 Å². The first-order valence-corrected chi connectivity index (χ1v) is 6.79. The Morgan fingerprint density at radius 2 is 2.20 bits per heavy atom. The molecule has 0 fully saturated rings. The van der Waals surface area contributed by atoms with Crippen LogP contribution in [0.5, 0.6) is 11.5 Å². The summed E-state index contributed by atoms with van der Waals surface area (Å²) in [4.78, 5) is 11.7. The van der Waals surface area contributed by atoms with E-state index < -0.39 is 0 Å². The quantitative estimate of drug-likeness (QED) is 0.809. The number of nitrogens with one attached hydrogen (secondary N) is 1. The number of hydrogen-bond donors (Lipinski definition) is 2. The van der Waals surface area contributed by atoms with Gasteiger partial charge in [0.2, 0.25) is 0 Å². The average molecular weight is 302 g/mol. The van der Waals surface area contributed by atoms with Crippen LogP contribution < -0.4 is 14.8 Å². The lowest BCUT2D eigenvalue weighted by atomic mass is 10.2. The normalized spacial score (nSPS) is 11.8. The second-order valence-electron chi connectivity index (χ2n) is 4.43. The molecular formula is C14H20ClNO4. The molecule has 1 aromatic carbocycles. The van der Waals surface area contributed by atoms with Crippen molar-refractivity contribution in [1.29, 1.82) is 0 Å². The van der Waals surface area contributed by atoms with E-state index in [0.717, 1.165) is 6.42 Å². The minimum absolute atomic E-state index is 0.0974. The molecule has 0 aliphatic rings. The van der Waals surface area contributed by atoms with Crippen molar-refractivity contribution in [1.82, 2.24) is 5.32 Å². The monoisotopic (exact) mass is 301 g/mol. The highest BCUT2D eigenvalue weighted by Crippen LogP contribution is 2.36. The highest BCUT2D eigenvalue weighted by atomic mass is 35.5. The van der Waals surface area contributed by atoms with Gasteiger partial charge in [0.15, 0.2) is 18.1 Å². The van der Waals surface area contributed by atoms with Gasteiger partial charge in [0, 0.05) is 6.04 Å². The number of aliphatic hydroxyl groups is 1. The Morgan fingerprint density at radius 3 is 2.75 bits per heavy atom. The summed E-state index contributed by atoms with van der Waals surface area (Å²) in [5, 5.41) is 12.2. The molecule has 112 valence electrons. The van der Waals surface area contributed by atoms with E-state index in [4.69, 9.17) is 26.2 Å². The van der Waals surface area contributed by atoms with Crippen LogP contribution in [0.1, 0.15) is 25.8 Å². The Kier molecular flexibility index (Phi) is 6.61. The highest BCUT2D eigenvalue weighted by molar-refractivity contribution is 6.32. The summed E-state index contributed by atoms with van der Waals surface area (Å²) in [6.07, 6.45) is 0.848. The molecule has 2 N–H and O–H groups in total. The number of amides is 1. The van der Waals surface area contributed by atoms with Crippen LogP contribution >= 0.6 is 11.6 Å². The van der Waals surface area contributed by atoms with Gasteiger partial charge in [0.25, 0.3) is 5.91 Å². The lowest BCUT2D eigenvalue weighted by molar-refractivity contribution is -0.123. The molecule has 0 aliphatic heterocycles. The number of carbonyl (C=O) groups excluding carboxylic acids is 1. The fourth-order valence-corrected chi connectivity index (χ4v) is 1.85. The van der Waals surface area contributed by atoms with Gasteiger partial charge in [-0.15, -0.1) is 0 Å². The molecule has 5 nitrogen and oxygen atoms in total. The van der Waals surface area contributed by atoms with E-state index in [0.29, 0.717) is 22.1 Å². The van der Waals surface area contributed by atoms with Gasteiger partial charge in [0.05, 0.1) is 18.7 Å². The molecule has 1 unspecified atom stereocenters. The molecule has 1 amide bonds. The molecule has 1 atom stereocenters. The standard InChI is InChI=1S/C14H20ClNO4/c1-4-9(2)16-13(18)8-20-14-11(15)5-10(7-17)6-12(14)19-3/h5-6,9,17H,4,7-8H2,1-3H3,(H,16,18). The average Bonchev–Trinajstić information content (AvgIpc) is 2.44. The molecule has 0 saturated carbocycles. The van der Waals surface area contributed by atoms with Gasteiger partial charge < -0.3 is 19.9 Å². The van der Waals surface area contributed by atoms with Gasteiger partial charge in [-0.25, -0.2) is 0 Å². The third kappa shape index (κ3) is 4.58. The molecule has 0 heterocycles. The van der Waals surface area contributed by atoms with Crippen LogP contribution in [0, 0.1) is 0 Å². The van der Waals surface area contributed by atoms with Gasteiger partial charge in [-0.05, 0) is 31.0 Å². The van der Waals surface area contributed by atoms with Crippen LogP contribution in [0.4, 0.5) is 0 Å². The summed E-state index contributed by atoms with van der Waals surface area (Å²) in [6.45, 7) is 3.62. The second kappa shape index (κ2) is 7.97. The fraction of sp³-hybridized carbons (Fsp3) is 0.500. The summed E-state index contributed by atoms with van der Waals surface area (Å²) < 4.78 is 10.6. The van der Waals surface area contributed by atoms with Crippen LogP contribution in [-0.4, -0.2) is 30.8 Å². The zero-order valence-corrected chi connectivity index (χ0v) is 12.7. The zero-order chi connectivity index (χ0) is 15.1. The molecular weight excluding hydrogens is 282 g/mol. The third-order valence-electron chi connectivity index (χ3n) is 2.84. The predicted molar refractivity (Wildman–Crippen MR) is 77.3 cm³/mol. The summed E-state index contributed by atoms with van der Waals surface area (Å²) >= 11 is 6.06. The minimum atomic E-state index is -0.219. The third-order valence-corrected chi connectivity index (χ3v) is 3.12. The smallest absolute Gasteiger partial charge is 0.258 e. The van der Waals surface area contributed by atoms with Crippen LogP contribution in [-0.2, 0) is 11.4 Å². The van der Waals surface area contributed by atoms with Crippen molar-refractivity contribution >= 4 is 17.5 Å². The van der Waals surface area contributed by atoms with Gasteiger partial charge in [-0.1, -0.05) is 18.5 Å². The first-order chi connectivity index (χ1) is 9.51. The molecule has 0 bridgehead atoms. The second-order valence-corrected chi connectivity index (χ2v) is 4.84. The SMILES string of the molecule is CCC(C)NC(=O)COc1c(Cl)cc(CO)cc1OC. The number of carbonyl (C=O) groups is 1. The summed E-state index contributed by atoms with van der Waals surface area (Å²) in [7, 11) is 1.47. The molecule has 0 aromatic heterocycles. The predicted octanol–water partition coefficient (Wildman–Crippen LogP) is 2.13. The Morgan fingerprint density at radius 1 is 1.50 bits per heavy atom. The molecule has 1 rings (SSSR count). The van der Waals surface area contributed by atoms with Crippen LogP contribution in [0.25, 0.3) is 0 Å². The van der Waals surface area contributed by atoms with Crippen molar-refractivity contribution < 1.29 is 19.4 Å². The van der Waals surface area contributed by atoms with Gasteiger partial charge in [0.1, 0.15) is 0 Å². The maximum atomic E-state index is 11.7. The summed E-state index contributed by atoms with van der Waals surface area (Å²) in [6, 6.07) is 3.29. The summed E-state index contributed by atoms with van der Waals surface area (Å²) in [5.41, 5.74) is 0.614. The van der Waals surface area contributed by atoms with Gasteiger partial charge in [-0.3, -0.25) is 4.79 Å². The van der Waals surface area contributed by atoms with E-state index in [-0.39, 0.29) is 25.2 Å². The van der Waals surface area contributed by atoms with Gasteiger partial charge in [-0.2, -0.15) is 0 Å². The van der Waals surface area contributed by atoms with Crippen LogP contribution in [0.2, 0.25) is 5.02 Å². The van der Waals surface area contributed by atoms with Crippen molar-refractivity contribution in [2.24, 2.45) is 0 Å². The van der Waals surface area contributed by atoms with Crippen LogP contribution in [0.15, 0.2) is 12.1 Å². The van der Waals surface area contributed by atoms with Crippen molar-refractivity contribution in [2.75, 3.05) is 13.7 Å². The van der Waals surface area contributed by atoms with E-state index in [1.165, 1.54) is 7.11 Å². The molecule has 0 saturated heterocycles. The zero-order valence-electron chi connectivity index (χ0n) is 11.9. The first-order valence-electron chi connectivity index (χ1n) is 6.41. The van der Waals surface area contributed by atoms with E-state index in [2.05, 4.69) is 5.32 Å². The van der Waals surface area contributed by atoms with Gasteiger partial charge >= 0.3 is 0 Å². The Balaban J connectivity index is 2.74. The first kappa shape index (κ1) is 16.6. The maximum absolute atomic E-state index is 11.7. The molecule has 20 heavy (non-hydrogen) atoms. The lowest BCUT2D eigenvalue weighted by Gasteiger charge is -2.15. The minimum Gasteiger partial charge on any atom is -0.493 e. The number of hydrogen-bond acceptors (Lipinski definition) is 4. The van der Waals surface area contributed by atoms with E-state index in [1.54, 1.807) is 12.1 Å². The highest BCUT2D eigenvalue weighted by Gasteiger charge is 2.14. The summed E-state index contributed by atoms with van der Waals surface area (Å²) in [5.74, 6) is 0.465. The molecule has 0 aliphatic carbocycles. The molecule has 1 aromatic rings. The molecule has 0 radical (unpaired) electrons. The van der Waals surface area contributed by atoms with Crippen molar-refractivity contribution in [3.63, 3.8) is 0 Å². The molecule has 6 heteroatoms. The Bertz CT molecular complexity index is 465. The Hall–Kier alpha value is -1.46. The topological polar surface area (TPSA) is 67.8 Å². The van der Waals surface area contributed by atoms with E-state index in [1.807, 2.05) is 13.8 Å². The number of benzene rings is 1. The maximum Gasteiger partial charge on any atom is 0.258 e. The van der Waals surface area contributed by atoms with Crippen molar-refractivity contribution in [3.05, 3.63) is 22.7 Å². The van der Waals surface area contributed by atoms with E-state index in [9.17, 15) is 4.79 Å². The largest absolute Gasteiger partial charge is 0.493 e. The lowest BCUT2D eigenvalue weighted by Crippen LogP contribution is -2.35. The number of rotatable bonds is 7. The number of ether oxygens (including phenoxy) is 2. The van der Waals surface area contributed by atoms with Crippen LogP contribution in [0.3, 0.4) is 0 Å². The molecule has 0 spiro atoms. The number of aliphatic hydroxyl groups excluding tert-OH is 1. The Labute approximate surface area is 123 Å². The van der Waals surface area contributed by atoms with E-state index >= 15 is 0 Å². The van der Waals surface area contributed by atoms with Crippen molar-refractivity contribution in [2.45, 2.75) is 32.9 Å². The fourth-order valence-electron chi connectivity index (χ4n) is 1.56. The number of methoxy groups -OCH3 is 1. The number of halogens is 1.